The van der Waals surface area contributed by atoms with Crippen molar-refractivity contribution in [2.45, 2.75) is 184 Å². The van der Waals surface area contributed by atoms with Gasteiger partial charge in [-0.05, 0) is 98.7 Å². The predicted molar refractivity (Wildman–Crippen MR) is 227 cm³/mol. The summed E-state index contributed by atoms with van der Waals surface area (Å²) in [5.74, 6) is 15.1. The summed E-state index contributed by atoms with van der Waals surface area (Å²) < 4.78 is 23.8. The summed E-state index contributed by atoms with van der Waals surface area (Å²) >= 11 is 0. The van der Waals surface area contributed by atoms with E-state index in [2.05, 4.69) is 79.1 Å². The average molecular weight is 793 g/mol. The van der Waals surface area contributed by atoms with E-state index < -0.39 is 16.9 Å². The largest absolute Gasteiger partial charge is 0.393 e. The minimum absolute atomic E-state index is 0.00426. The molecule has 0 heterocycles. The number of methoxy groups -OCH3 is 3. The van der Waals surface area contributed by atoms with E-state index >= 15 is 0 Å². The zero-order valence-electron chi connectivity index (χ0n) is 38.3. The van der Waals surface area contributed by atoms with Gasteiger partial charge < -0.3 is 24.1 Å². The van der Waals surface area contributed by atoms with E-state index in [-0.39, 0.29) is 64.5 Å². The second-order valence-electron chi connectivity index (χ2n) is 20.7. The third-order valence-electron chi connectivity index (χ3n) is 18.3. The van der Waals surface area contributed by atoms with Crippen molar-refractivity contribution in [3.8, 4) is 23.7 Å². The van der Waals surface area contributed by atoms with Crippen molar-refractivity contribution in [3.63, 3.8) is 0 Å². The normalized spacial score (nSPS) is 47.6. The van der Waals surface area contributed by atoms with Gasteiger partial charge in [-0.25, -0.2) is 0 Å². The lowest BCUT2D eigenvalue weighted by molar-refractivity contribution is -0.219. The molecule has 0 saturated heterocycles. The van der Waals surface area contributed by atoms with E-state index in [1.54, 1.807) is 14.2 Å². The van der Waals surface area contributed by atoms with E-state index in [1.165, 1.54) is 0 Å². The predicted octanol–water partition coefficient (Wildman–Crippen LogP) is 9.86. The SMILES string of the molecule is CCC#CC[C@]1(C)CC(OCOC)[C@@]2(C)C3[C@H](OC)CCC3(CC[C@H]2C)[C@@H](C)C1=O.CCC#CC[C@]1(C)C[C@@H](O)[C@@]2(C)C3[C@H](OC)CCC3(CC[C@H]2C)[C@@H](C)C1=O. The quantitative estimate of drug-likeness (QED) is 0.203. The summed E-state index contributed by atoms with van der Waals surface area (Å²) in [7, 11) is 5.32. The first-order valence-corrected chi connectivity index (χ1v) is 22.7. The molecule has 0 spiro atoms. The van der Waals surface area contributed by atoms with Crippen molar-refractivity contribution >= 4 is 11.6 Å². The van der Waals surface area contributed by atoms with Crippen molar-refractivity contribution in [2.24, 2.45) is 68.0 Å². The molecule has 0 aliphatic heterocycles. The first-order valence-electron chi connectivity index (χ1n) is 22.7. The van der Waals surface area contributed by atoms with E-state index in [0.717, 1.165) is 64.2 Å². The van der Waals surface area contributed by atoms with Crippen LogP contribution in [0.1, 0.15) is 159 Å². The molecule has 0 aromatic carbocycles. The maximum atomic E-state index is 14.1. The zero-order valence-corrected chi connectivity index (χ0v) is 38.3. The number of aliphatic hydroxyl groups excluding tert-OH is 1. The second-order valence-corrected chi connectivity index (χ2v) is 20.7. The Morgan fingerprint density at radius 3 is 1.49 bits per heavy atom. The van der Waals surface area contributed by atoms with Crippen molar-refractivity contribution in [1.82, 2.24) is 0 Å². The fourth-order valence-electron chi connectivity index (χ4n) is 14.5. The smallest absolute Gasteiger partial charge is 0.146 e. The summed E-state index contributed by atoms with van der Waals surface area (Å²) in [6.07, 6.45) is 12.3. The minimum Gasteiger partial charge on any atom is -0.393 e. The van der Waals surface area contributed by atoms with Gasteiger partial charge in [-0.2, -0.15) is 0 Å². The lowest BCUT2D eigenvalue weighted by atomic mass is 9.44. The van der Waals surface area contributed by atoms with Crippen LogP contribution in [-0.2, 0) is 28.5 Å². The summed E-state index contributed by atoms with van der Waals surface area (Å²) in [6, 6.07) is 0. The van der Waals surface area contributed by atoms with Crippen LogP contribution in [0.2, 0.25) is 0 Å². The van der Waals surface area contributed by atoms with Crippen LogP contribution < -0.4 is 0 Å². The van der Waals surface area contributed by atoms with Crippen LogP contribution in [-0.4, -0.2) is 69.2 Å². The third kappa shape index (κ3) is 7.53. The molecule has 1 N–H and O–H groups in total. The van der Waals surface area contributed by atoms with Crippen LogP contribution in [0.5, 0.6) is 0 Å². The lowest BCUT2D eigenvalue weighted by Gasteiger charge is -2.62. The number of rotatable bonds is 7. The molecular formula is C50H80O7. The number of ether oxygens (including phenoxy) is 4. The van der Waals surface area contributed by atoms with Gasteiger partial charge in [-0.3, -0.25) is 9.59 Å². The van der Waals surface area contributed by atoms with Crippen LogP contribution in [0.4, 0.5) is 0 Å². The average Bonchev–Trinajstić information content (AvgIpc) is 3.79. The molecule has 322 valence electrons. The summed E-state index contributed by atoms with van der Waals surface area (Å²) in [5.41, 5.74) is -1.40. The highest BCUT2D eigenvalue weighted by Crippen LogP contribution is 2.70. The first-order chi connectivity index (χ1) is 26.9. The maximum Gasteiger partial charge on any atom is 0.146 e. The minimum atomic E-state index is -0.567. The molecule has 4 bridgehead atoms. The van der Waals surface area contributed by atoms with Gasteiger partial charge >= 0.3 is 0 Å². The Kier molecular flexibility index (Phi) is 14.4. The topological polar surface area (TPSA) is 91.3 Å². The van der Waals surface area contributed by atoms with Crippen LogP contribution in [0, 0.1) is 91.7 Å². The van der Waals surface area contributed by atoms with Gasteiger partial charge in [-0.1, -0.05) is 69.2 Å². The van der Waals surface area contributed by atoms with Gasteiger partial charge in [0, 0.05) is 80.5 Å². The highest BCUT2D eigenvalue weighted by molar-refractivity contribution is 5.88. The number of hydrogen-bond donors (Lipinski definition) is 1. The molecule has 0 aromatic heterocycles. The number of aliphatic hydroxyl groups is 1. The van der Waals surface area contributed by atoms with Gasteiger partial charge in [0.15, 0.2) is 0 Å². The van der Waals surface area contributed by atoms with Crippen LogP contribution in [0.3, 0.4) is 0 Å². The summed E-state index contributed by atoms with van der Waals surface area (Å²) in [6.45, 7) is 22.2. The molecule has 5 unspecified atom stereocenters. The van der Waals surface area contributed by atoms with E-state index in [4.69, 9.17) is 18.9 Å². The molecule has 7 heteroatoms. The molecule has 6 rings (SSSR count). The third-order valence-corrected chi connectivity index (χ3v) is 18.3. The Balaban J connectivity index is 0.000000219. The highest BCUT2D eigenvalue weighted by Gasteiger charge is 2.69. The maximum absolute atomic E-state index is 14.1. The number of carbonyl (C=O) groups is 2. The lowest BCUT2D eigenvalue weighted by Crippen LogP contribution is -2.62. The molecule has 6 aliphatic carbocycles. The molecule has 16 atom stereocenters. The molecule has 57 heavy (non-hydrogen) atoms. The highest BCUT2D eigenvalue weighted by atomic mass is 16.7. The molecule has 6 aliphatic rings. The Labute approximate surface area is 347 Å². The van der Waals surface area contributed by atoms with Crippen LogP contribution in [0.15, 0.2) is 0 Å². The molecule has 0 amide bonds. The van der Waals surface area contributed by atoms with Gasteiger partial charge in [0.2, 0.25) is 0 Å². The second kappa shape index (κ2) is 17.7. The van der Waals surface area contributed by atoms with Crippen molar-refractivity contribution in [2.75, 3.05) is 28.1 Å². The molecule has 0 aromatic rings. The van der Waals surface area contributed by atoms with Crippen LogP contribution >= 0.6 is 0 Å². The van der Waals surface area contributed by atoms with Crippen molar-refractivity contribution in [1.29, 1.82) is 0 Å². The van der Waals surface area contributed by atoms with Gasteiger partial charge in [-0.15, -0.1) is 23.7 Å². The fraction of sp³-hybridized carbons (Fsp3) is 0.880. The van der Waals surface area contributed by atoms with E-state index in [9.17, 15) is 14.7 Å². The number of hydrogen-bond acceptors (Lipinski definition) is 7. The van der Waals surface area contributed by atoms with Crippen molar-refractivity contribution < 1.29 is 33.6 Å². The molecule has 6 fully saturated rings. The van der Waals surface area contributed by atoms with Gasteiger partial charge in [0.05, 0.1) is 24.4 Å². The van der Waals surface area contributed by atoms with Gasteiger partial charge in [0.1, 0.15) is 18.4 Å². The monoisotopic (exact) mass is 793 g/mol. The summed E-state index contributed by atoms with van der Waals surface area (Å²) in [5, 5.41) is 11.6. The standard InChI is InChI=1S/C26H42O4.C24H38O3/c1-8-9-10-13-24(4)16-21(30-17-28-6)25(5)18(2)11-14-26(19(3)23(24)27)15-12-20(29-7)22(25)26;1-7-8-9-12-22(4)15-19(25)23(5)16(2)10-13-24(17(3)21(22)26)14-11-18(27-6)20(23)24/h18-22H,8,11-17H2,1-7H3;16-20,25H,7,10-15H2,1-6H3/t18-,19+,20-,21?,22?,24-,25+,26?;16-,17+,18-,19-,20?,22-,23+,24?/m11/s1. The Morgan fingerprint density at radius 1 is 0.632 bits per heavy atom. The fourth-order valence-corrected chi connectivity index (χ4v) is 14.5. The van der Waals surface area contributed by atoms with E-state index in [1.807, 2.05) is 21.0 Å². The Hall–Kier alpha value is -1.74. The number of Topliss-reactive ketones (excluding diaryl/α,β-unsaturated/α-hetero) is 2. The van der Waals surface area contributed by atoms with Gasteiger partial charge in [0.25, 0.3) is 0 Å². The number of ketones is 2. The molecular weight excluding hydrogens is 713 g/mol. The number of carbonyl (C=O) groups excluding carboxylic acids is 2. The zero-order chi connectivity index (χ0) is 42.2. The molecule has 0 radical (unpaired) electrons. The Morgan fingerprint density at radius 2 is 1.05 bits per heavy atom. The first kappa shape index (κ1) is 46.3. The Bertz CT molecular complexity index is 1570. The van der Waals surface area contributed by atoms with Crippen LogP contribution in [0.25, 0.3) is 0 Å². The van der Waals surface area contributed by atoms with E-state index in [0.29, 0.717) is 55.0 Å². The molecule has 7 nitrogen and oxygen atoms in total. The van der Waals surface area contributed by atoms with Crippen molar-refractivity contribution in [3.05, 3.63) is 0 Å². The summed E-state index contributed by atoms with van der Waals surface area (Å²) in [4.78, 5) is 27.8. The molecule has 6 saturated carbocycles.